The lowest BCUT2D eigenvalue weighted by molar-refractivity contribution is 0.0993. The fraction of sp³-hybridized carbons (Fsp3) is 0.222. The second-order valence-electron chi connectivity index (χ2n) is 3.26. The molecule has 0 spiro atoms. The molecule has 82 valence electrons. The molecule has 0 fully saturated rings. The van der Waals surface area contributed by atoms with Gasteiger partial charge in [-0.05, 0) is 24.6 Å². The van der Waals surface area contributed by atoms with Crippen LogP contribution in [0.25, 0.3) is 0 Å². The van der Waals surface area contributed by atoms with Crippen molar-refractivity contribution in [2.45, 2.75) is 11.8 Å². The van der Waals surface area contributed by atoms with Crippen LogP contribution >= 0.6 is 0 Å². The van der Waals surface area contributed by atoms with E-state index in [0.717, 1.165) is 12.3 Å². The number of primary amides is 1. The van der Waals surface area contributed by atoms with Gasteiger partial charge in [0.25, 0.3) is 5.91 Å². The average Bonchev–Trinajstić information content (AvgIpc) is 1.99. The van der Waals surface area contributed by atoms with E-state index in [1.54, 1.807) is 0 Å². The molecule has 0 atom stereocenters. The number of benzene rings is 1. The number of amides is 1. The minimum absolute atomic E-state index is 0.368. The summed E-state index contributed by atoms with van der Waals surface area (Å²) in [6, 6.07) is 2.28. The summed E-state index contributed by atoms with van der Waals surface area (Å²) in [6.45, 7) is 1.53. The SMILES string of the molecule is Cc1cc(F)c(C(N)=O)c(S(C)(=O)=O)c1. The van der Waals surface area contributed by atoms with Crippen LogP contribution in [0.4, 0.5) is 4.39 Å². The third kappa shape index (κ3) is 2.33. The van der Waals surface area contributed by atoms with Gasteiger partial charge in [0.2, 0.25) is 0 Å². The largest absolute Gasteiger partial charge is 0.365 e. The number of carbonyl (C=O) groups is 1. The number of nitrogens with two attached hydrogens (primary N) is 1. The first kappa shape index (κ1) is 11.6. The molecule has 2 N–H and O–H groups in total. The van der Waals surface area contributed by atoms with Gasteiger partial charge < -0.3 is 5.73 Å². The van der Waals surface area contributed by atoms with Crippen LogP contribution in [-0.4, -0.2) is 20.6 Å². The fourth-order valence-corrected chi connectivity index (χ4v) is 2.21. The number of carbonyl (C=O) groups excluding carboxylic acids is 1. The maximum absolute atomic E-state index is 13.3. The van der Waals surface area contributed by atoms with Crippen molar-refractivity contribution in [2.24, 2.45) is 5.73 Å². The number of aryl methyl sites for hydroxylation is 1. The predicted molar refractivity (Wildman–Crippen MR) is 52.8 cm³/mol. The summed E-state index contributed by atoms with van der Waals surface area (Å²) in [6.07, 6.45) is 0.896. The molecule has 4 nitrogen and oxygen atoms in total. The Morgan fingerprint density at radius 1 is 1.40 bits per heavy atom. The Labute approximate surface area is 86.8 Å². The Morgan fingerprint density at radius 3 is 2.33 bits per heavy atom. The van der Waals surface area contributed by atoms with Crippen LogP contribution in [0.3, 0.4) is 0 Å². The number of hydrogen-bond donors (Lipinski definition) is 1. The van der Waals surface area contributed by atoms with Crippen LogP contribution in [0.1, 0.15) is 15.9 Å². The van der Waals surface area contributed by atoms with E-state index in [1.165, 1.54) is 13.0 Å². The zero-order chi connectivity index (χ0) is 11.8. The molecule has 1 rings (SSSR count). The zero-order valence-electron chi connectivity index (χ0n) is 8.24. The molecule has 0 aromatic heterocycles. The predicted octanol–water partition coefficient (Wildman–Crippen LogP) is 0.637. The molecule has 1 amide bonds. The van der Waals surface area contributed by atoms with E-state index in [4.69, 9.17) is 5.73 Å². The molecule has 0 unspecified atom stereocenters. The third-order valence-electron chi connectivity index (χ3n) is 1.84. The van der Waals surface area contributed by atoms with Crippen molar-refractivity contribution < 1.29 is 17.6 Å². The molecular weight excluding hydrogens is 221 g/mol. The van der Waals surface area contributed by atoms with Crippen LogP contribution in [0.5, 0.6) is 0 Å². The van der Waals surface area contributed by atoms with Gasteiger partial charge in [-0.25, -0.2) is 12.8 Å². The Hall–Kier alpha value is -1.43. The van der Waals surface area contributed by atoms with Gasteiger partial charge in [-0.1, -0.05) is 0 Å². The van der Waals surface area contributed by atoms with Crippen LogP contribution < -0.4 is 5.73 Å². The average molecular weight is 231 g/mol. The topological polar surface area (TPSA) is 77.2 Å². The molecule has 0 bridgehead atoms. The van der Waals surface area contributed by atoms with E-state index >= 15 is 0 Å². The molecular formula is C9H10FNO3S. The third-order valence-corrected chi connectivity index (χ3v) is 2.97. The molecule has 0 aliphatic carbocycles. The summed E-state index contributed by atoms with van der Waals surface area (Å²) >= 11 is 0. The molecule has 0 heterocycles. The van der Waals surface area contributed by atoms with Crippen LogP contribution in [-0.2, 0) is 9.84 Å². The summed E-state index contributed by atoms with van der Waals surface area (Å²) in [5.41, 5.74) is 4.75. The lowest BCUT2D eigenvalue weighted by Gasteiger charge is -2.07. The number of sulfone groups is 1. The van der Waals surface area contributed by atoms with Crippen molar-refractivity contribution in [2.75, 3.05) is 6.26 Å². The summed E-state index contributed by atoms with van der Waals surface area (Å²) in [5.74, 6) is -2.00. The van der Waals surface area contributed by atoms with Gasteiger partial charge in [0.15, 0.2) is 9.84 Å². The first-order valence-corrected chi connectivity index (χ1v) is 5.92. The Morgan fingerprint density at radius 2 is 1.93 bits per heavy atom. The van der Waals surface area contributed by atoms with E-state index in [2.05, 4.69) is 0 Å². The van der Waals surface area contributed by atoms with Crippen LogP contribution in [0.2, 0.25) is 0 Å². The van der Waals surface area contributed by atoms with Crippen LogP contribution in [0.15, 0.2) is 17.0 Å². The highest BCUT2D eigenvalue weighted by Gasteiger charge is 2.21. The first-order valence-electron chi connectivity index (χ1n) is 4.03. The monoisotopic (exact) mass is 231 g/mol. The summed E-state index contributed by atoms with van der Waals surface area (Å²) in [7, 11) is -3.66. The highest BCUT2D eigenvalue weighted by atomic mass is 32.2. The molecule has 0 radical (unpaired) electrons. The number of hydrogen-bond acceptors (Lipinski definition) is 3. The lowest BCUT2D eigenvalue weighted by atomic mass is 10.1. The molecule has 0 aliphatic rings. The molecule has 0 saturated carbocycles. The molecule has 1 aromatic rings. The van der Waals surface area contributed by atoms with Gasteiger partial charge in [-0.2, -0.15) is 0 Å². The standard InChI is InChI=1S/C9H10FNO3S/c1-5-3-6(10)8(9(11)12)7(4-5)15(2,13)14/h3-4H,1-2H3,(H2,11,12). The summed E-state index contributed by atoms with van der Waals surface area (Å²) < 4.78 is 35.9. The molecule has 0 aliphatic heterocycles. The van der Waals surface area contributed by atoms with Gasteiger partial charge in [-0.3, -0.25) is 4.79 Å². The zero-order valence-corrected chi connectivity index (χ0v) is 9.06. The van der Waals surface area contributed by atoms with Crippen molar-refractivity contribution >= 4 is 15.7 Å². The van der Waals surface area contributed by atoms with E-state index in [-0.39, 0.29) is 4.90 Å². The van der Waals surface area contributed by atoms with Crippen molar-refractivity contribution in [1.29, 1.82) is 0 Å². The van der Waals surface area contributed by atoms with Crippen molar-refractivity contribution in [3.8, 4) is 0 Å². The maximum atomic E-state index is 13.3. The maximum Gasteiger partial charge on any atom is 0.253 e. The van der Waals surface area contributed by atoms with Gasteiger partial charge >= 0.3 is 0 Å². The Kier molecular flexibility index (Phi) is 2.81. The summed E-state index contributed by atoms with van der Waals surface area (Å²) in [4.78, 5) is 10.6. The second-order valence-corrected chi connectivity index (χ2v) is 5.24. The second kappa shape index (κ2) is 3.62. The minimum atomic E-state index is -3.66. The molecule has 1 aromatic carbocycles. The fourth-order valence-electron chi connectivity index (χ4n) is 1.24. The Bertz CT molecular complexity index is 522. The number of halogens is 1. The van der Waals surface area contributed by atoms with Crippen molar-refractivity contribution in [3.05, 3.63) is 29.1 Å². The van der Waals surface area contributed by atoms with Crippen LogP contribution in [0, 0.1) is 12.7 Å². The highest BCUT2D eigenvalue weighted by Crippen LogP contribution is 2.20. The normalized spacial score (nSPS) is 11.4. The molecule has 6 heteroatoms. The first-order chi connectivity index (χ1) is 6.73. The lowest BCUT2D eigenvalue weighted by Crippen LogP contribution is -2.18. The highest BCUT2D eigenvalue weighted by molar-refractivity contribution is 7.90. The Balaban J connectivity index is 3.70. The van der Waals surface area contributed by atoms with E-state index in [9.17, 15) is 17.6 Å². The van der Waals surface area contributed by atoms with E-state index in [1.807, 2.05) is 0 Å². The smallest absolute Gasteiger partial charge is 0.253 e. The van der Waals surface area contributed by atoms with Gasteiger partial charge in [0.1, 0.15) is 5.82 Å². The molecule has 0 saturated heterocycles. The summed E-state index contributed by atoms with van der Waals surface area (Å²) in [5, 5.41) is 0. The number of rotatable bonds is 2. The molecule has 15 heavy (non-hydrogen) atoms. The van der Waals surface area contributed by atoms with Gasteiger partial charge in [0, 0.05) is 6.26 Å². The van der Waals surface area contributed by atoms with Gasteiger partial charge in [-0.15, -0.1) is 0 Å². The minimum Gasteiger partial charge on any atom is -0.365 e. The quantitative estimate of drug-likeness (QED) is 0.811. The van der Waals surface area contributed by atoms with E-state index in [0.29, 0.717) is 5.56 Å². The van der Waals surface area contributed by atoms with E-state index < -0.39 is 27.1 Å². The van der Waals surface area contributed by atoms with Gasteiger partial charge in [0.05, 0.1) is 10.5 Å². The van der Waals surface area contributed by atoms with Crippen molar-refractivity contribution in [1.82, 2.24) is 0 Å². The van der Waals surface area contributed by atoms with Crippen molar-refractivity contribution in [3.63, 3.8) is 0 Å².